The molecule has 0 amide bonds. The van der Waals surface area contributed by atoms with E-state index < -0.39 is 24.1 Å². The van der Waals surface area contributed by atoms with Gasteiger partial charge >= 0.3 is 12.4 Å². The minimum absolute atomic E-state index is 0.378. The molecular weight excluding hydrogens is 324 g/mol. The second-order valence-corrected chi connectivity index (χ2v) is 4.73. The van der Waals surface area contributed by atoms with Gasteiger partial charge in [0.05, 0.1) is 0 Å². The van der Waals surface area contributed by atoms with Crippen LogP contribution in [0, 0.1) is 0 Å². The Balaban J connectivity index is 2.15. The summed E-state index contributed by atoms with van der Waals surface area (Å²) in [6, 6.07) is 7.32. The predicted octanol–water partition coefficient (Wildman–Crippen LogP) is 4.08. The number of nitrogens with one attached hydrogen (secondary N) is 1. The van der Waals surface area contributed by atoms with Crippen molar-refractivity contribution in [2.75, 3.05) is 5.32 Å². The first-order chi connectivity index (χ1) is 10.7. The van der Waals surface area contributed by atoms with Gasteiger partial charge in [0.25, 0.3) is 0 Å². The lowest BCUT2D eigenvalue weighted by Crippen LogP contribution is -2.38. The van der Waals surface area contributed by atoms with Crippen molar-refractivity contribution in [3.8, 4) is 0 Å². The van der Waals surface area contributed by atoms with Gasteiger partial charge in [0.1, 0.15) is 11.9 Å². The summed E-state index contributed by atoms with van der Waals surface area (Å²) in [5.41, 5.74) is -0.836. The number of rotatable bonds is 4. The molecule has 0 saturated heterocycles. The highest BCUT2D eigenvalue weighted by Crippen LogP contribution is 2.29. The van der Waals surface area contributed by atoms with Crippen LogP contribution in [0.4, 0.5) is 32.2 Å². The number of anilines is 1. The van der Waals surface area contributed by atoms with Crippen LogP contribution in [0.15, 0.2) is 42.5 Å². The van der Waals surface area contributed by atoms with Crippen molar-refractivity contribution in [3.05, 3.63) is 53.7 Å². The second kappa shape index (κ2) is 6.43. The number of aromatic nitrogens is 2. The van der Waals surface area contributed by atoms with Crippen molar-refractivity contribution >= 4 is 5.82 Å². The van der Waals surface area contributed by atoms with Gasteiger partial charge in [-0.3, -0.25) is 0 Å². The summed E-state index contributed by atoms with van der Waals surface area (Å²) in [6.45, 7) is 0. The molecule has 1 heterocycles. The van der Waals surface area contributed by atoms with Crippen molar-refractivity contribution in [3.63, 3.8) is 0 Å². The maximum atomic E-state index is 13.1. The van der Waals surface area contributed by atoms with Gasteiger partial charge in [-0.25, -0.2) is 0 Å². The molecule has 1 aromatic heterocycles. The Morgan fingerprint density at radius 3 is 2.00 bits per heavy atom. The number of hydrogen-bond donors (Lipinski definition) is 1. The minimum Gasteiger partial charge on any atom is -0.357 e. The van der Waals surface area contributed by atoms with E-state index in [1.807, 2.05) is 0 Å². The third-order valence-corrected chi connectivity index (χ3v) is 2.95. The molecule has 124 valence electrons. The van der Waals surface area contributed by atoms with Crippen molar-refractivity contribution in [2.45, 2.75) is 24.8 Å². The third kappa shape index (κ3) is 4.83. The van der Waals surface area contributed by atoms with E-state index in [0.717, 1.165) is 6.07 Å². The quantitative estimate of drug-likeness (QED) is 0.856. The lowest BCUT2D eigenvalue weighted by molar-refractivity contribution is -0.143. The Morgan fingerprint density at radius 1 is 0.870 bits per heavy atom. The van der Waals surface area contributed by atoms with E-state index in [2.05, 4.69) is 15.5 Å². The topological polar surface area (TPSA) is 37.8 Å². The highest BCUT2D eigenvalue weighted by Gasteiger charge is 2.40. The van der Waals surface area contributed by atoms with Crippen LogP contribution in [0.3, 0.4) is 0 Å². The fourth-order valence-corrected chi connectivity index (χ4v) is 1.84. The molecule has 2 rings (SSSR count). The summed E-state index contributed by atoms with van der Waals surface area (Å²) in [4.78, 5) is 0. The van der Waals surface area contributed by atoms with Crippen LogP contribution >= 0.6 is 0 Å². The van der Waals surface area contributed by atoms with Crippen LogP contribution in [0.1, 0.15) is 11.3 Å². The monoisotopic (exact) mass is 335 g/mol. The van der Waals surface area contributed by atoms with Gasteiger partial charge in [0.15, 0.2) is 5.69 Å². The Kier molecular flexibility index (Phi) is 4.76. The molecule has 0 aliphatic carbocycles. The van der Waals surface area contributed by atoms with Crippen LogP contribution in [0.2, 0.25) is 0 Å². The van der Waals surface area contributed by atoms with Gasteiger partial charge < -0.3 is 5.32 Å². The number of nitrogens with zero attached hydrogens (tertiary/aromatic N) is 2. The van der Waals surface area contributed by atoms with Crippen LogP contribution in [-0.2, 0) is 12.6 Å². The smallest absolute Gasteiger partial charge is 0.357 e. The molecule has 0 saturated carbocycles. The van der Waals surface area contributed by atoms with Gasteiger partial charge in [-0.1, -0.05) is 30.3 Å². The average Bonchev–Trinajstić information content (AvgIpc) is 2.46. The van der Waals surface area contributed by atoms with Gasteiger partial charge in [0.2, 0.25) is 0 Å². The molecule has 9 heteroatoms. The van der Waals surface area contributed by atoms with E-state index >= 15 is 0 Å². The van der Waals surface area contributed by atoms with Crippen molar-refractivity contribution in [1.29, 1.82) is 0 Å². The highest BCUT2D eigenvalue weighted by molar-refractivity contribution is 5.36. The van der Waals surface area contributed by atoms with E-state index in [1.165, 1.54) is 12.1 Å². The number of alkyl halides is 6. The molecule has 0 aliphatic rings. The van der Waals surface area contributed by atoms with Crippen LogP contribution < -0.4 is 5.32 Å². The van der Waals surface area contributed by atoms with Crippen LogP contribution in [-0.4, -0.2) is 22.4 Å². The van der Waals surface area contributed by atoms with Gasteiger partial charge in [0, 0.05) is 6.42 Å². The fourth-order valence-electron chi connectivity index (χ4n) is 1.84. The molecule has 1 atom stereocenters. The second-order valence-electron chi connectivity index (χ2n) is 4.73. The van der Waals surface area contributed by atoms with E-state index in [1.54, 1.807) is 18.2 Å². The fraction of sp³-hybridized carbons (Fsp3) is 0.286. The molecule has 3 nitrogen and oxygen atoms in total. The van der Waals surface area contributed by atoms with Crippen molar-refractivity contribution in [2.24, 2.45) is 0 Å². The Morgan fingerprint density at radius 2 is 1.52 bits per heavy atom. The predicted molar refractivity (Wildman–Crippen MR) is 70.6 cm³/mol. The van der Waals surface area contributed by atoms with E-state index in [4.69, 9.17) is 0 Å². The first-order valence-corrected chi connectivity index (χ1v) is 6.44. The highest BCUT2D eigenvalue weighted by atomic mass is 19.4. The zero-order chi connectivity index (χ0) is 17.1. The molecule has 0 bridgehead atoms. The SMILES string of the molecule is FC(F)(F)c1ccc(NC(Cc2ccccc2)C(F)(F)F)nn1. The molecule has 1 aromatic carbocycles. The molecule has 23 heavy (non-hydrogen) atoms. The summed E-state index contributed by atoms with van der Waals surface area (Å²) in [5, 5.41) is 8.13. The van der Waals surface area contributed by atoms with Crippen LogP contribution in [0.25, 0.3) is 0 Å². The molecule has 0 fully saturated rings. The third-order valence-electron chi connectivity index (χ3n) is 2.95. The zero-order valence-electron chi connectivity index (χ0n) is 11.5. The van der Waals surface area contributed by atoms with Gasteiger partial charge in [-0.05, 0) is 17.7 Å². The first-order valence-electron chi connectivity index (χ1n) is 6.44. The summed E-state index contributed by atoms with van der Waals surface area (Å²) < 4.78 is 76.3. The first kappa shape index (κ1) is 17.0. The van der Waals surface area contributed by atoms with E-state index in [9.17, 15) is 26.3 Å². The Bertz CT molecular complexity index is 622. The van der Waals surface area contributed by atoms with Crippen molar-refractivity contribution in [1.82, 2.24) is 10.2 Å². The molecule has 0 aliphatic heterocycles. The summed E-state index contributed by atoms with van der Waals surface area (Å²) in [5.74, 6) is -0.378. The Labute approximate surface area is 127 Å². The Hall–Kier alpha value is -2.32. The van der Waals surface area contributed by atoms with E-state index in [-0.39, 0.29) is 12.2 Å². The maximum Gasteiger partial charge on any atom is 0.435 e. The number of halogens is 6. The molecule has 2 aromatic rings. The van der Waals surface area contributed by atoms with E-state index in [0.29, 0.717) is 11.6 Å². The van der Waals surface area contributed by atoms with Gasteiger partial charge in [-0.15, -0.1) is 10.2 Å². The minimum atomic E-state index is -4.70. The molecule has 0 spiro atoms. The number of hydrogen-bond acceptors (Lipinski definition) is 3. The molecule has 1 unspecified atom stereocenters. The summed E-state index contributed by atoms with van der Waals surface area (Å²) >= 11 is 0. The summed E-state index contributed by atoms with van der Waals surface area (Å²) in [7, 11) is 0. The molecule has 0 radical (unpaired) electrons. The lowest BCUT2D eigenvalue weighted by atomic mass is 10.1. The lowest BCUT2D eigenvalue weighted by Gasteiger charge is -2.22. The number of benzene rings is 1. The average molecular weight is 335 g/mol. The molecular formula is C14H11F6N3. The normalized spacial score (nSPS) is 13.7. The maximum absolute atomic E-state index is 13.1. The van der Waals surface area contributed by atoms with Crippen molar-refractivity contribution < 1.29 is 26.3 Å². The zero-order valence-corrected chi connectivity index (χ0v) is 11.5. The van der Waals surface area contributed by atoms with Gasteiger partial charge in [-0.2, -0.15) is 26.3 Å². The standard InChI is InChI=1S/C14H11F6N3/c15-13(16,17)10-6-7-12(23-22-10)21-11(14(18,19)20)8-9-4-2-1-3-5-9/h1-7,11H,8H2,(H,21,23). The summed E-state index contributed by atoms with van der Waals surface area (Å²) in [6.07, 6.45) is -9.67. The largest absolute Gasteiger partial charge is 0.435 e. The van der Waals surface area contributed by atoms with Crippen LogP contribution in [0.5, 0.6) is 0 Å². The molecule has 1 N–H and O–H groups in total.